The molecule has 1 amide bonds. The van der Waals surface area contributed by atoms with Crippen LogP contribution in [0, 0.1) is 12.8 Å². The van der Waals surface area contributed by atoms with Crippen LogP contribution >= 0.6 is 0 Å². The summed E-state index contributed by atoms with van der Waals surface area (Å²) in [6, 6.07) is 18.5. The van der Waals surface area contributed by atoms with Gasteiger partial charge in [0.05, 0.1) is 0 Å². The fourth-order valence-electron chi connectivity index (χ4n) is 2.64. The van der Waals surface area contributed by atoms with E-state index in [9.17, 15) is 4.79 Å². The number of anilines is 1. The van der Waals surface area contributed by atoms with E-state index in [1.165, 1.54) is 5.56 Å². The number of amides is 1. The van der Waals surface area contributed by atoms with Crippen LogP contribution in [-0.2, 0) is 4.79 Å². The topological polar surface area (TPSA) is 45.7 Å². The van der Waals surface area contributed by atoms with Gasteiger partial charge in [-0.25, -0.2) is 0 Å². The highest BCUT2D eigenvalue weighted by Gasteiger charge is 2.20. The summed E-state index contributed by atoms with van der Waals surface area (Å²) in [6.07, 6.45) is 0. The maximum absolute atomic E-state index is 12.1. The maximum atomic E-state index is 12.1. The lowest BCUT2D eigenvalue weighted by Crippen LogP contribution is -2.88. The van der Waals surface area contributed by atoms with Crippen molar-refractivity contribution in [3.05, 3.63) is 65.7 Å². The first-order valence-corrected chi connectivity index (χ1v) is 7.81. The number of carbonyl (C=O) groups excluding carboxylic acids is 1. The standard InChI is InChI=1S/C19H24N2O/c1-14(2)19(16-9-5-4-6-10-16)20-13-18(22)21-17-11-7-8-15(3)12-17/h4-12,14,19-20H,13H2,1-3H3,(H,21,22)/p+1/t19-/m1/s1. The number of aryl methyl sites for hydroxylation is 1. The second-order valence-electron chi connectivity index (χ2n) is 6.04. The normalized spacial score (nSPS) is 12.2. The summed E-state index contributed by atoms with van der Waals surface area (Å²) in [5.41, 5.74) is 3.27. The molecule has 2 aromatic rings. The highest BCUT2D eigenvalue weighted by molar-refractivity contribution is 5.91. The predicted octanol–water partition coefficient (Wildman–Crippen LogP) is 2.89. The first-order chi connectivity index (χ1) is 10.6. The molecule has 0 aromatic heterocycles. The monoisotopic (exact) mass is 297 g/mol. The Labute approximate surface area is 132 Å². The van der Waals surface area contributed by atoms with Crippen LogP contribution < -0.4 is 10.6 Å². The quantitative estimate of drug-likeness (QED) is 0.846. The van der Waals surface area contributed by atoms with Crippen molar-refractivity contribution in [1.82, 2.24) is 0 Å². The maximum Gasteiger partial charge on any atom is 0.279 e. The molecule has 2 aromatic carbocycles. The molecule has 0 aliphatic carbocycles. The molecule has 22 heavy (non-hydrogen) atoms. The Morgan fingerprint density at radius 2 is 1.82 bits per heavy atom. The van der Waals surface area contributed by atoms with Crippen LogP contribution in [0.25, 0.3) is 0 Å². The highest BCUT2D eigenvalue weighted by atomic mass is 16.1. The van der Waals surface area contributed by atoms with Gasteiger partial charge in [-0.2, -0.15) is 0 Å². The van der Waals surface area contributed by atoms with Crippen molar-refractivity contribution in [3.8, 4) is 0 Å². The second-order valence-corrected chi connectivity index (χ2v) is 6.04. The van der Waals surface area contributed by atoms with Gasteiger partial charge in [-0.1, -0.05) is 56.3 Å². The molecule has 3 N–H and O–H groups in total. The van der Waals surface area contributed by atoms with E-state index in [4.69, 9.17) is 0 Å². The summed E-state index contributed by atoms with van der Waals surface area (Å²) in [5.74, 6) is 0.501. The molecule has 0 unspecified atom stereocenters. The number of carbonyl (C=O) groups is 1. The number of hydrogen-bond acceptors (Lipinski definition) is 1. The highest BCUT2D eigenvalue weighted by Crippen LogP contribution is 2.16. The first kappa shape index (κ1) is 16.2. The van der Waals surface area contributed by atoms with Gasteiger partial charge in [-0.3, -0.25) is 4.79 Å². The fraction of sp³-hybridized carbons (Fsp3) is 0.316. The minimum Gasteiger partial charge on any atom is -0.332 e. The smallest absolute Gasteiger partial charge is 0.279 e. The van der Waals surface area contributed by atoms with E-state index in [2.05, 4.69) is 36.6 Å². The summed E-state index contributed by atoms with van der Waals surface area (Å²) in [6.45, 7) is 6.82. The Morgan fingerprint density at radius 3 is 2.45 bits per heavy atom. The molecule has 0 heterocycles. The van der Waals surface area contributed by atoms with Crippen LogP contribution in [0.2, 0.25) is 0 Å². The first-order valence-electron chi connectivity index (χ1n) is 7.81. The van der Waals surface area contributed by atoms with Gasteiger partial charge < -0.3 is 10.6 Å². The molecule has 0 saturated carbocycles. The van der Waals surface area contributed by atoms with E-state index in [-0.39, 0.29) is 5.91 Å². The molecule has 116 valence electrons. The fourth-order valence-corrected chi connectivity index (χ4v) is 2.64. The lowest BCUT2D eigenvalue weighted by atomic mass is 9.96. The van der Waals surface area contributed by atoms with E-state index in [0.29, 0.717) is 18.5 Å². The largest absolute Gasteiger partial charge is 0.332 e. The SMILES string of the molecule is Cc1cccc(NC(=O)C[NH2+][C@@H](c2ccccc2)C(C)C)c1. The molecule has 0 radical (unpaired) electrons. The zero-order chi connectivity index (χ0) is 15.9. The van der Waals surface area contributed by atoms with E-state index < -0.39 is 0 Å². The van der Waals surface area contributed by atoms with Crippen LogP contribution in [0.1, 0.15) is 31.0 Å². The molecule has 2 rings (SSSR count). The van der Waals surface area contributed by atoms with E-state index >= 15 is 0 Å². The van der Waals surface area contributed by atoms with Crippen LogP contribution in [0.4, 0.5) is 5.69 Å². The van der Waals surface area contributed by atoms with Crippen molar-refractivity contribution in [2.24, 2.45) is 5.92 Å². The molecular formula is C19H25N2O+. The molecule has 0 aliphatic rings. The average Bonchev–Trinajstić information content (AvgIpc) is 2.48. The third kappa shape index (κ3) is 4.71. The van der Waals surface area contributed by atoms with Crippen LogP contribution in [0.3, 0.4) is 0 Å². The molecule has 0 spiro atoms. The predicted molar refractivity (Wildman–Crippen MR) is 90.6 cm³/mol. The summed E-state index contributed by atoms with van der Waals surface area (Å²) < 4.78 is 0. The Hall–Kier alpha value is -2.13. The summed E-state index contributed by atoms with van der Waals surface area (Å²) in [7, 11) is 0. The van der Waals surface area contributed by atoms with Crippen molar-refractivity contribution in [2.45, 2.75) is 26.8 Å². The molecule has 0 bridgehead atoms. The van der Waals surface area contributed by atoms with Crippen molar-refractivity contribution in [2.75, 3.05) is 11.9 Å². The third-order valence-corrected chi connectivity index (χ3v) is 3.76. The number of nitrogens with one attached hydrogen (secondary N) is 1. The summed E-state index contributed by atoms with van der Waals surface area (Å²) >= 11 is 0. The van der Waals surface area contributed by atoms with Crippen molar-refractivity contribution in [1.29, 1.82) is 0 Å². The third-order valence-electron chi connectivity index (χ3n) is 3.76. The molecular weight excluding hydrogens is 272 g/mol. The van der Waals surface area contributed by atoms with E-state index in [0.717, 1.165) is 11.3 Å². The van der Waals surface area contributed by atoms with Crippen molar-refractivity contribution < 1.29 is 10.1 Å². The summed E-state index contributed by atoms with van der Waals surface area (Å²) in [5, 5.41) is 5.07. The van der Waals surface area contributed by atoms with Gasteiger partial charge in [0.1, 0.15) is 6.04 Å². The van der Waals surface area contributed by atoms with Crippen molar-refractivity contribution in [3.63, 3.8) is 0 Å². The van der Waals surface area contributed by atoms with Gasteiger partial charge in [-0.05, 0) is 24.6 Å². The van der Waals surface area contributed by atoms with Gasteiger partial charge in [0.2, 0.25) is 0 Å². The zero-order valence-electron chi connectivity index (χ0n) is 13.5. The van der Waals surface area contributed by atoms with Crippen LogP contribution in [0.5, 0.6) is 0 Å². The average molecular weight is 297 g/mol. The van der Waals surface area contributed by atoms with Crippen LogP contribution in [-0.4, -0.2) is 12.5 Å². The number of nitrogens with two attached hydrogens (primary N) is 1. The molecule has 1 atom stereocenters. The van der Waals surface area contributed by atoms with Gasteiger partial charge in [0.15, 0.2) is 6.54 Å². The Balaban J connectivity index is 1.94. The minimum atomic E-state index is 0.0344. The lowest BCUT2D eigenvalue weighted by molar-refractivity contribution is -0.692. The van der Waals surface area contributed by atoms with Crippen LogP contribution in [0.15, 0.2) is 54.6 Å². The minimum absolute atomic E-state index is 0.0344. The number of benzene rings is 2. The lowest BCUT2D eigenvalue weighted by Gasteiger charge is -2.19. The van der Waals surface area contributed by atoms with Gasteiger partial charge in [0, 0.05) is 17.2 Å². The Morgan fingerprint density at radius 1 is 1.09 bits per heavy atom. The van der Waals surface area contributed by atoms with Crippen molar-refractivity contribution >= 4 is 11.6 Å². The molecule has 3 heteroatoms. The molecule has 3 nitrogen and oxygen atoms in total. The second kappa shape index (κ2) is 7.76. The molecule has 0 fully saturated rings. The van der Waals surface area contributed by atoms with Gasteiger partial charge >= 0.3 is 0 Å². The number of quaternary nitrogens is 1. The number of hydrogen-bond donors (Lipinski definition) is 2. The number of rotatable bonds is 6. The molecule has 0 saturated heterocycles. The Kier molecular flexibility index (Phi) is 5.73. The Bertz CT molecular complexity index is 608. The molecule has 0 aliphatic heterocycles. The summed E-state index contributed by atoms with van der Waals surface area (Å²) in [4.78, 5) is 12.1. The van der Waals surface area contributed by atoms with E-state index in [1.807, 2.05) is 49.4 Å². The van der Waals surface area contributed by atoms with Gasteiger partial charge in [-0.15, -0.1) is 0 Å². The zero-order valence-corrected chi connectivity index (χ0v) is 13.5. The van der Waals surface area contributed by atoms with Gasteiger partial charge in [0.25, 0.3) is 5.91 Å². The van der Waals surface area contributed by atoms with E-state index in [1.54, 1.807) is 0 Å².